The zero-order valence-electron chi connectivity index (χ0n) is 14.7. The van der Waals surface area contributed by atoms with E-state index >= 15 is 0 Å². The van der Waals surface area contributed by atoms with Crippen LogP contribution in [0.3, 0.4) is 0 Å². The monoisotopic (exact) mass is 353 g/mol. The zero-order chi connectivity index (χ0) is 18.7. The Bertz CT molecular complexity index is 1010. The Balaban J connectivity index is 2.13. The van der Waals surface area contributed by atoms with Crippen molar-refractivity contribution in [2.45, 2.75) is 20.4 Å². The maximum Gasteiger partial charge on any atom is 0.275 e. The predicted octanol–water partition coefficient (Wildman–Crippen LogP) is 2.52. The highest BCUT2D eigenvalue weighted by Gasteiger charge is 2.14. The molecule has 0 unspecified atom stereocenters. The number of pyridine rings is 1. The first-order chi connectivity index (χ1) is 12.5. The number of carbonyl (C=O) groups is 1. The summed E-state index contributed by atoms with van der Waals surface area (Å²) in [5.41, 5.74) is 1.20. The highest BCUT2D eigenvalue weighted by Crippen LogP contribution is 2.25. The third-order valence-corrected chi connectivity index (χ3v) is 3.86. The molecule has 2 aromatic heterocycles. The number of rotatable bonds is 5. The molecule has 8 heteroatoms. The fraction of sp³-hybridized carbons (Fsp3) is 0.222. The SMILES string of the molecule is CCn1c(=O)c(NC(C)=O)cc2c(Nc3ccc(OC)cc3)ncnc21. The van der Waals surface area contributed by atoms with E-state index in [-0.39, 0.29) is 17.2 Å². The Hall–Kier alpha value is -3.42. The lowest BCUT2D eigenvalue weighted by molar-refractivity contribution is -0.114. The number of aryl methyl sites for hydroxylation is 1. The quantitative estimate of drug-likeness (QED) is 0.731. The molecule has 0 aliphatic heterocycles. The number of anilines is 3. The molecule has 0 saturated carbocycles. The summed E-state index contributed by atoms with van der Waals surface area (Å²) in [6.07, 6.45) is 1.40. The summed E-state index contributed by atoms with van der Waals surface area (Å²) in [5, 5.41) is 6.42. The van der Waals surface area contributed by atoms with Crippen LogP contribution in [0.15, 0.2) is 41.5 Å². The van der Waals surface area contributed by atoms with Gasteiger partial charge in [0.2, 0.25) is 5.91 Å². The van der Waals surface area contributed by atoms with Gasteiger partial charge in [-0.2, -0.15) is 0 Å². The lowest BCUT2D eigenvalue weighted by Gasteiger charge is -2.14. The van der Waals surface area contributed by atoms with Crippen molar-refractivity contribution in [1.29, 1.82) is 0 Å². The Morgan fingerprint density at radius 1 is 1.23 bits per heavy atom. The Kier molecular flexibility index (Phi) is 4.83. The van der Waals surface area contributed by atoms with Crippen LogP contribution in [0.5, 0.6) is 5.75 Å². The second-order valence-corrected chi connectivity index (χ2v) is 5.60. The third kappa shape index (κ3) is 3.34. The van der Waals surface area contributed by atoms with Crippen LogP contribution in [-0.2, 0) is 11.3 Å². The first kappa shape index (κ1) is 17.4. The number of ether oxygens (including phenoxy) is 1. The summed E-state index contributed by atoms with van der Waals surface area (Å²) in [7, 11) is 1.61. The van der Waals surface area contributed by atoms with E-state index in [0.29, 0.717) is 23.4 Å². The average Bonchev–Trinajstić information content (AvgIpc) is 2.63. The van der Waals surface area contributed by atoms with Crippen LogP contribution in [0, 0.1) is 0 Å². The number of fused-ring (bicyclic) bond motifs is 1. The lowest BCUT2D eigenvalue weighted by Crippen LogP contribution is -2.25. The highest BCUT2D eigenvalue weighted by molar-refractivity contribution is 5.95. The predicted molar refractivity (Wildman–Crippen MR) is 100 cm³/mol. The van der Waals surface area contributed by atoms with Crippen molar-refractivity contribution in [2.24, 2.45) is 0 Å². The molecule has 0 radical (unpaired) electrons. The van der Waals surface area contributed by atoms with Crippen LogP contribution in [0.4, 0.5) is 17.2 Å². The Morgan fingerprint density at radius 3 is 2.58 bits per heavy atom. The largest absolute Gasteiger partial charge is 0.497 e. The molecule has 0 aliphatic carbocycles. The van der Waals surface area contributed by atoms with Gasteiger partial charge in [0.1, 0.15) is 29.2 Å². The summed E-state index contributed by atoms with van der Waals surface area (Å²) in [5.74, 6) is 0.968. The maximum atomic E-state index is 12.5. The van der Waals surface area contributed by atoms with Crippen LogP contribution >= 0.6 is 0 Å². The molecule has 3 rings (SSSR count). The molecular weight excluding hydrogens is 334 g/mol. The molecule has 3 aromatic rings. The van der Waals surface area contributed by atoms with E-state index in [1.165, 1.54) is 17.8 Å². The molecular formula is C18H19N5O3. The topological polar surface area (TPSA) is 98.1 Å². The summed E-state index contributed by atoms with van der Waals surface area (Å²) in [6, 6.07) is 8.97. The number of carbonyl (C=O) groups excluding carboxylic acids is 1. The smallest absolute Gasteiger partial charge is 0.275 e. The number of hydrogen-bond donors (Lipinski definition) is 2. The van der Waals surface area contributed by atoms with Crippen LogP contribution in [-0.4, -0.2) is 27.6 Å². The lowest BCUT2D eigenvalue weighted by atomic mass is 10.2. The van der Waals surface area contributed by atoms with Crippen LogP contribution < -0.4 is 20.9 Å². The van der Waals surface area contributed by atoms with E-state index in [2.05, 4.69) is 20.6 Å². The van der Waals surface area contributed by atoms with Gasteiger partial charge in [-0.25, -0.2) is 9.97 Å². The maximum absolute atomic E-state index is 12.5. The molecule has 2 heterocycles. The van der Waals surface area contributed by atoms with Gasteiger partial charge in [0.25, 0.3) is 5.56 Å². The van der Waals surface area contributed by atoms with Crippen molar-refractivity contribution >= 4 is 34.1 Å². The van der Waals surface area contributed by atoms with Crippen molar-refractivity contribution in [3.8, 4) is 5.75 Å². The van der Waals surface area contributed by atoms with Gasteiger partial charge in [-0.15, -0.1) is 0 Å². The minimum absolute atomic E-state index is 0.194. The van der Waals surface area contributed by atoms with Crippen LogP contribution in [0.2, 0.25) is 0 Å². The van der Waals surface area contributed by atoms with E-state index in [9.17, 15) is 9.59 Å². The molecule has 0 aliphatic rings. The highest BCUT2D eigenvalue weighted by atomic mass is 16.5. The summed E-state index contributed by atoms with van der Waals surface area (Å²) >= 11 is 0. The third-order valence-electron chi connectivity index (χ3n) is 3.86. The van der Waals surface area contributed by atoms with Gasteiger partial charge in [0.15, 0.2) is 0 Å². The number of nitrogens with zero attached hydrogens (tertiary/aromatic N) is 3. The van der Waals surface area contributed by atoms with Crippen molar-refractivity contribution in [2.75, 3.05) is 17.7 Å². The molecule has 1 aromatic carbocycles. The minimum Gasteiger partial charge on any atom is -0.497 e. The first-order valence-electron chi connectivity index (χ1n) is 8.10. The molecule has 26 heavy (non-hydrogen) atoms. The molecule has 0 saturated heterocycles. The molecule has 0 fully saturated rings. The van der Waals surface area contributed by atoms with Gasteiger partial charge >= 0.3 is 0 Å². The van der Waals surface area contributed by atoms with Crippen molar-refractivity contribution in [3.63, 3.8) is 0 Å². The number of hydrogen-bond acceptors (Lipinski definition) is 6. The number of amides is 1. The Labute approximate surface area is 149 Å². The molecule has 0 bridgehead atoms. The van der Waals surface area contributed by atoms with Crippen molar-refractivity contribution in [3.05, 3.63) is 47.0 Å². The van der Waals surface area contributed by atoms with Gasteiger partial charge in [0.05, 0.1) is 12.5 Å². The van der Waals surface area contributed by atoms with E-state index in [1.807, 2.05) is 31.2 Å². The minimum atomic E-state index is -0.314. The summed E-state index contributed by atoms with van der Waals surface area (Å²) < 4.78 is 6.66. The summed E-state index contributed by atoms with van der Waals surface area (Å²) in [6.45, 7) is 3.62. The molecule has 1 amide bonds. The van der Waals surface area contributed by atoms with E-state index in [4.69, 9.17) is 4.74 Å². The van der Waals surface area contributed by atoms with Crippen molar-refractivity contribution < 1.29 is 9.53 Å². The number of nitrogens with one attached hydrogen (secondary N) is 2. The normalized spacial score (nSPS) is 10.6. The van der Waals surface area contributed by atoms with E-state index < -0.39 is 0 Å². The van der Waals surface area contributed by atoms with Gasteiger partial charge in [0, 0.05) is 19.2 Å². The second-order valence-electron chi connectivity index (χ2n) is 5.60. The van der Waals surface area contributed by atoms with Gasteiger partial charge in [-0.05, 0) is 37.3 Å². The van der Waals surface area contributed by atoms with Gasteiger partial charge in [-0.1, -0.05) is 0 Å². The fourth-order valence-electron chi connectivity index (χ4n) is 2.67. The number of benzene rings is 1. The van der Waals surface area contributed by atoms with Crippen LogP contribution in [0.1, 0.15) is 13.8 Å². The van der Waals surface area contributed by atoms with Gasteiger partial charge in [-0.3, -0.25) is 14.2 Å². The molecule has 0 spiro atoms. The van der Waals surface area contributed by atoms with Crippen molar-refractivity contribution in [1.82, 2.24) is 14.5 Å². The second kappa shape index (κ2) is 7.22. The number of aromatic nitrogens is 3. The first-order valence-corrected chi connectivity index (χ1v) is 8.10. The standard InChI is InChI=1S/C18H19N5O3/c1-4-23-17-14(9-15(18(23)25)21-11(2)24)16(19-10-20-17)22-12-5-7-13(26-3)8-6-12/h5-10H,4H2,1-3H3,(H,21,24)(H,19,20,22). The molecule has 8 nitrogen and oxygen atoms in total. The zero-order valence-corrected chi connectivity index (χ0v) is 14.7. The molecule has 134 valence electrons. The van der Waals surface area contributed by atoms with Gasteiger partial charge < -0.3 is 15.4 Å². The summed E-state index contributed by atoms with van der Waals surface area (Å²) in [4.78, 5) is 32.5. The van der Waals surface area contributed by atoms with Crippen LogP contribution in [0.25, 0.3) is 11.0 Å². The average molecular weight is 353 g/mol. The molecule has 2 N–H and O–H groups in total. The van der Waals surface area contributed by atoms with E-state index in [0.717, 1.165) is 11.4 Å². The van der Waals surface area contributed by atoms with E-state index in [1.54, 1.807) is 13.2 Å². The fourth-order valence-corrected chi connectivity index (χ4v) is 2.67. The molecule has 0 atom stereocenters. The Morgan fingerprint density at radius 2 is 1.96 bits per heavy atom. The number of methoxy groups -OCH3 is 1.